The minimum atomic E-state index is -4.63. The van der Waals surface area contributed by atoms with E-state index in [1.807, 2.05) is 0 Å². The lowest BCUT2D eigenvalue weighted by Crippen LogP contribution is -2.61. The van der Waals surface area contributed by atoms with Crippen molar-refractivity contribution < 1.29 is 56.0 Å². The molecule has 0 amide bonds. The number of halogens is 9. The van der Waals surface area contributed by atoms with Crippen LogP contribution in [0.4, 0.5) is 39.5 Å². The van der Waals surface area contributed by atoms with Gasteiger partial charge in [-0.15, -0.1) is 0 Å². The van der Waals surface area contributed by atoms with Crippen LogP contribution in [0.3, 0.4) is 0 Å². The first-order valence-electron chi connectivity index (χ1n) is 11.5. The van der Waals surface area contributed by atoms with Crippen LogP contribution in [0.1, 0.15) is 19.3 Å². The largest absolute Gasteiger partial charge is 0.437 e. The maximum absolute atomic E-state index is 13.2. The van der Waals surface area contributed by atoms with Crippen molar-refractivity contribution in [1.29, 1.82) is 0 Å². The zero-order chi connectivity index (χ0) is 29.1. The first kappa shape index (κ1) is 36.3. The Morgan fingerprint density at radius 1 is 0.389 bits per heavy atom. The molecule has 0 rings (SSSR count). The van der Waals surface area contributed by atoms with Crippen LogP contribution in [0.25, 0.3) is 0 Å². The van der Waals surface area contributed by atoms with Crippen molar-refractivity contribution >= 4 is 42.3 Å². The molecule has 0 fully saturated rings. The lowest BCUT2D eigenvalue weighted by molar-refractivity contribution is -0.132. The maximum atomic E-state index is 13.2. The molecule has 0 N–H and O–H groups in total. The van der Waals surface area contributed by atoms with E-state index in [4.69, 9.17) is 16.5 Å². The van der Waals surface area contributed by atoms with E-state index < -0.39 is 98.2 Å². The van der Waals surface area contributed by atoms with Gasteiger partial charge in [0.2, 0.25) is 0 Å². The summed E-state index contributed by atoms with van der Waals surface area (Å²) in [5.41, 5.74) is 0. The minimum Gasteiger partial charge on any atom is -0.437 e. The van der Waals surface area contributed by atoms with E-state index in [1.54, 1.807) is 39.3 Å². The molecule has 0 radical (unpaired) electrons. The molecule has 0 bridgehead atoms. The van der Waals surface area contributed by atoms with Crippen molar-refractivity contribution in [2.75, 3.05) is 0 Å². The van der Waals surface area contributed by atoms with Crippen LogP contribution in [0, 0.1) is 0 Å². The molecule has 0 saturated carbocycles. The van der Waals surface area contributed by atoms with Crippen LogP contribution in [0.5, 0.6) is 0 Å². The van der Waals surface area contributed by atoms with Crippen molar-refractivity contribution in [2.24, 2.45) is 0 Å². The van der Waals surface area contributed by atoms with Crippen molar-refractivity contribution in [3.05, 3.63) is 0 Å². The maximum Gasteiger partial charge on any atom is 0.389 e. The molecule has 0 saturated heterocycles. The number of alkyl halides is 9. The topological polar surface area (TPSA) is 36.9 Å². The molecule has 0 heterocycles. The van der Waals surface area contributed by atoms with Crippen LogP contribution in [0.2, 0.25) is 77.1 Å². The van der Waals surface area contributed by atoms with Gasteiger partial charge in [-0.25, -0.2) is 0 Å². The second kappa shape index (κ2) is 12.2. The van der Waals surface area contributed by atoms with Crippen LogP contribution >= 0.6 is 0 Å². The highest BCUT2D eigenvalue weighted by Gasteiger charge is 2.53. The highest BCUT2D eigenvalue weighted by atomic mass is 28.5. The summed E-state index contributed by atoms with van der Waals surface area (Å²) in [4.78, 5) is 0. The third-order valence-electron chi connectivity index (χ3n) is 4.50. The van der Waals surface area contributed by atoms with Gasteiger partial charge < -0.3 is 16.5 Å². The molecule has 4 nitrogen and oxygen atoms in total. The number of hydrogen-bond acceptors (Lipinski definition) is 4. The normalized spacial score (nSPS) is 19.5. The molecular weight excluding hydrogens is 592 g/mol. The average molecular weight is 631 g/mol. The smallest absolute Gasteiger partial charge is 0.389 e. The molecule has 0 aromatic rings. The van der Waals surface area contributed by atoms with E-state index in [-0.39, 0.29) is 0 Å². The van der Waals surface area contributed by atoms with E-state index in [0.29, 0.717) is 0 Å². The lowest BCUT2D eigenvalue weighted by Gasteiger charge is -2.45. The first-order valence-corrected chi connectivity index (χ1v) is 25.8. The summed E-state index contributed by atoms with van der Waals surface area (Å²) in [7, 11) is -16.7. The third kappa shape index (κ3) is 18.5. The molecule has 2 atom stereocenters. The summed E-state index contributed by atoms with van der Waals surface area (Å²) in [6, 6.07) is -1.85. The van der Waals surface area contributed by atoms with Gasteiger partial charge in [0.15, 0.2) is 16.6 Å². The molecule has 0 aromatic carbocycles. The van der Waals surface area contributed by atoms with E-state index >= 15 is 0 Å². The predicted octanol–water partition coefficient (Wildman–Crippen LogP) is 8.80. The first-order chi connectivity index (χ1) is 15.4. The summed E-state index contributed by atoms with van der Waals surface area (Å²) in [5, 5.41) is 0. The zero-order valence-electron chi connectivity index (χ0n) is 22.3. The fourth-order valence-electron chi connectivity index (χ4n) is 3.68. The molecule has 0 aliphatic carbocycles. The standard InChI is InChI=1S/C18H39F9O4Si5/c1-32(2,3)28-34(7,13-10-16(19,20)21)30-36(9,15-12-18(25,26)27)31-35(8,29-33(4,5)6)14-11-17(22,23)24/h10-15H2,1-9H3. The Labute approximate surface area is 213 Å². The Hall–Kier alpha value is 0.294. The SMILES string of the molecule is C[Si](C)(C)O[Si](C)(CCC(F)(F)F)O[Si](C)(CCC(F)(F)F)O[Si](C)(CCC(F)(F)F)O[Si](C)(C)C. The summed E-state index contributed by atoms with van der Waals surface area (Å²) in [6.45, 7) is 14.2. The van der Waals surface area contributed by atoms with Gasteiger partial charge in [0.25, 0.3) is 0 Å². The average Bonchev–Trinajstić information content (AvgIpc) is 2.51. The minimum absolute atomic E-state index is 0.575. The summed E-state index contributed by atoms with van der Waals surface area (Å²) in [6.07, 6.45) is -17.6. The quantitative estimate of drug-likeness (QED) is 0.142. The van der Waals surface area contributed by atoms with Crippen LogP contribution < -0.4 is 0 Å². The Kier molecular flexibility index (Phi) is 12.3. The van der Waals surface area contributed by atoms with Crippen LogP contribution in [0.15, 0.2) is 0 Å². The Morgan fingerprint density at radius 3 is 0.750 bits per heavy atom. The van der Waals surface area contributed by atoms with Gasteiger partial charge in [0.1, 0.15) is 0 Å². The molecule has 0 spiro atoms. The monoisotopic (exact) mass is 630 g/mol. The molecule has 0 aromatic heterocycles. The second-order valence-corrected chi connectivity index (χ2v) is 31.4. The van der Waals surface area contributed by atoms with Gasteiger partial charge in [-0.3, -0.25) is 0 Å². The highest BCUT2D eigenvalue weighted by molar-refractivity contribution is 6.91. The molecule has 2 unspecified atom stereocenters. The summed E-state index contributed by atoms with van der Waals surface area (Å²) >= 11 is 0. The van der Waals surface area contributed by atoms with Gasteiger partial charge in [-0.05, 0) is 77.1 Å². The third-order valence-corrected chi connectivity index (χ3v) is 23.2. The number of rotatable bonds is 14. The molecule has 36 heavy (non-hydrogen) atoms. The summed E-state index contributed by atoms with van der Waals surface area (Å²) in [5.74, 6) is 0. The van der Waals surface area contributed by atoms with E-state index in [2.05, 4.69) is 0 Å². The van der Waals surface area contributed by atoms with Crippen LogP contribution in [-0.2, 0) is 16.5 Å². The van der Waals surface area contributed by atoms with Gasteiger partial charge >= 0.3 is 44.2 Å². The van der Waals surface area contributed by atoms with Gasteiger partial charge in [-0.1, -0.05) is 0 Å². The van der Waals surface area contributed by atoms with Crippen molar-refractivity contribution in [1.82, 2.24) is 0 Å². The fourth-order valence-corrected chi connectivity index (χ4v) is 27.6. The molecule has 0 aliphatic heterocycles. The number of hydrogen-bond donors (Lipinski definition) is 0. The highest BCUT2D eigenvalue weighted by Crippen LogP contribution is 2.38. The molecule has 0 aliphatic rings. The Balaban J connectivity index is 6.39. The van der Waals surface area contributed by atoms with Gasteiger partial charge in [0, 0.05) is 19.3 Å². The second-order valence-electron chi connectivity index (χ2n) is 11.4. The molecular formula is C18H39F9O4Si5. The Bertz CT molecular complexity index is 647. The van der Waals surface area contributed by atoms with E-state index in [9.17, 15) is 39.5 Å². The van der Waals surface area contributed by atoms with Gasteiger partial charge in [-0.2, -0.15) is 39.5 Å². The zero-order valence-corrected chi connectivity index (χ0v) is 27.3. The van der Waals surface area contributed by atoms with Crippen molar-refractivity contribution in [3.8, 4) is 0 Å². The van der Waals surface area contributed by atoms with Gasteiger partial charge in [0.05, 0.1) is 0 Å². The van der Waals surface area contributed by atoms with Crippen LogP contribution in [-0.4, -0.2) is 60.8 Å². The summed E-state index contributed by atoms with van der Waals surface area (Å²) < 4.78 is 142. The van der Waals surface area contributed by atoms with E-state index in [0.717, 1.165) is 0 Å². The molecule has 218 valence electrons. The predicted molar refractivity (Wildman–Crippen MR) is 132 cm³/mol. The molecule has 18 heteroatoms. The lowest BCUT2D eigenvalue weighted by atomic mass is 10.5. The van der Waals surface area contributed by atoms with Crippen molar-refractivity contribution in [3.63, 3.8) is 0 Å². The fraction of sp³-hybridized carbons (Fsp3) is 1.00. The van der Waals surface area contributed by atoms with E-state index in [1.165, 1.54) is 19.6 Å². The van der Waals surface area contributed by atoms with Crippen molar-refractivity contribution in [2.45, 2.75) is 115 Å². The Morgan fingerprint density at radius 2 is 0.583 bits per heavy atom.